The number of thioether (sulfide) groups is 1. The summed E-state index contributed by atoms with van der Waals surface area (Å²) in [6.45, 7) is 6.30. The zero-order chi connectivity index (χ0) is 19.6. The van der Waals surface area contributed by atoms with E-state index in [0.717, 1.165) is 22.1 Å². The summed E-state index contributed by atoms with van der Waals surface area (Å²) < 4.78 is 3.71. The SMILES string of the molecule is Cn1nc(C(C)(C)C)cc1NC(=O)CSc1ncc(-c2ccccc2)n1C. The monoisotopic (exact) mass is 383 g/mol. The Kier molecular flexibility index (Phi) is 5.41. The maximum Gasteiger partial charge on any atom is 0.235 e. The van der Waals surface area contributed by atoms with Crippen molar-refractivity contribution < 1.29 is 4.79 Å². The molecule has 27 heavy (non-hydrogen) atoms. The number of carbonyl (C=O) groups excluding carboxylic acids is 1. The first kappa shape index (κ1) is 19.2. The fourth-order valence-corrected chi connectivity index (χ4v) is 3.42. The molecule has 1 N–H and O–H groups in total. The molecule has 0 aliphatic carbocycles. The van der Waals surface area contributed by atoms with E-state index in [-0.39, 0.29) is 17.1 Å². The number of rotatable bonds is 5. The lowest BCUT2D eigenvalue weighted by Crippen LogP contribution is -2.16. The Morgan fingerprint density at radius 2 is 1.89 bits per heavy atom. The second kappa shape index (κ2) is 7.60. The summed E-state index contributed by atoms with van der Waals surface area (Å²) in [4.78, 5) is 16.8. The number of benzene rings is 1. The summed E-state index contributed by atoms with van der Waals surface area (Å²) in [6.07, 6.45) is 1.84. The third-order valence-corrected chi connectivity index (χ3v) is 5.31. The van der Waals surface area contributed by atoms with Crippen molar-refractivity contribution in [3.63, 3.8) is 0 Å². The molecule has 3 aromatic rings. The highest BCUT2D eigenvalue weighted by Gasteiger charge is 2.20. The van der Waals surface area contributed by atoms with Crippen LogP contribution in [0.25, 0.3) is 11.3 Å². The third-order valence-electron chi connectivity index (χ3n) is 4.26. The summed E-state index contributed by atoms with van der Waals surface area (Å²) in [5, 5.41) is 8.23. The van der Waals surface area contributed by atoms with Gasteiger partial charge in [0.1, 0.15) is 5.82 Å². The molecule has 0 aliphatic rings. The van der Waals surface area contributed by atoms with Crippen molar-refractivity contribution in [3.8, 4) is 11.3 Å². The standard InChI is InChI=1S/C20H25N5OS/c1-20(2,3)16-11-17(25(5)23-16)22-18(26)13-27-19-21-12-15(24(19)4)14-9-7-6-8-10-14/h6-12H,13H2,1-5H3,(H,22,26). The van der Waals surface area contributed by atoms with E-state index in [0.29, 0.717) is 5.82 Å². The lowest BCUT2D eigenvalue weighted by Gasteiger charge is -2.13. The highest BCUT2D eigenvalue weighted by atomic mass is 32.2. The molecule has 2 heterocycles. The van der Waals surface area contributed by atoms with Gasteiger partial charge in [-0.2, -0.15) is 5.10 Å². The molecular formula is C20H25N5OS. The molecule has 6 nitrogen and oxygen atoms in total. The lowest BCUT2D eigenvalue weighted by atomic mass is 9.92. The van der Waals surface area contributed by atoms with E-state index in [2.05, 4.69) is 36.2 Å². The van der Waals surface area contributed by atoms with Crippen LogP contribution in [0.3, 0.4) is 0 Å². The van der Waals surface area contributed by atoms with Crippen molar-refractivity contribution >= 4 is 23.5 Å². The predicted octanol–water partition coefficient (Wildman–Crippen LogP) is 3.85. The first-order chi connectivity index (χ1) is 12.8. The Labute approximate surface area is 164 Å². The number of anilines is 1. The predicted molar refractivity (Wildman–Crippen MR) is 110 cm³/mol. The molecule has 0 saturated heterocycles. The number of carbonyl (C=O) groups is 1. The average molecular weight is 384 g/mol. The summed E-state index contributed by atoms with van der Waals surface area (Å²) in [5.41, 5.74) is 3.02. The number of aromatic nitrogens is 4. The summed E-state index contributed by atoms with van der Waals surface area (Å²) in [5.74, 6) is 0.915. The highest BCUT2D eigenvalue weighted by molar-refractivity contribution is 7.99. The molecule has 7 heteroatoms. The van der Waals surface area contributed by atoms with Crippen molar-refractivity contribution in [2.24, 2.45) is 14.1 Å². The van der Waals surface area contributed by atoms with Crippen LogP contribution in [-0.4, -0.2) is 31.0 Å². The Morgan fingerprint density at radius 3 is 2.52 bits per heavy atom. The summed E-state index contributed by atoms with van der Waals surface area (Å²) >= 11 is 1.42. The fourth-order valence-electron chi connectivity index (χ4n) is 2.66. The van der Waals surface area contributed by atoms with E-state index in [1.807, 2.05) is 61.3 Å². The largest absolute Gasteiger partial charge is 0.322 e. The Hall–Kier alpha value is -2.54. The minimum Gasteiger partial charge on any atom is -0.322 e. The second-order valence-corrected chi connectivity index (χ2v) is 8.42. The van der Waals surface area contributed by atoms with Crippen LogP contribution in [0.2, 0.25) is 0 Å². The van der Waals surface area contributed by atoms with Crippen LogP contribution < -0.4 is 5.32 Å². The van der Waals surface area contributed by atoms with Gasteiger partial charge in [0.15, 0.2) is 5.16 Å². The van der Waals surface area contributed by atoms with Gasteiger partial charge in [0.05, 0.1) is 23.3 Å². The molecule has 142 valence electrons. The number of hydrogen-bond acceptors (Lipinski definition) is 4. The van der Waals surface area contributed by atoms with Gasteiger partial charge in [0.25, 0.3) is 0 Å². The van der Waals surface area contributed by atoms with Gasteiger partial charge in [-0.05, 0) is 5.56 Å². The minimum atomic E-state index is -0.0762. The molecular weight excluding hydrogens is 358 g/mol. The maximum atomic E-state index is 12.4. The quantitative estimate of drug-likeness (QED) is 0.680. The van der Waals surface area contributed by atoms with Crippen molar-refractivity contribution in [2.75, 3.05) is 11.1 Å². The normalized spacial score (nSPS) is 11.6. The van der Waals surface area contributed by atoms with Crippen LogP contribution >= 0.6 is 11.8 Å². The first-order valence-electron chi connectivity index (χ1n) is 8.80. The van der Waals surface area contributed by atoms with Gasteiger partial charge >= 0.3 is 0 Å². The Bertz CT molecular complexity index is 937. The molecule has 0 atom stereocenters. The topological polar surface area (TPSA) is 64.7 Å². The van der Waals surface area contributed by atoms with Crippen LogP contribution in [0.1, 0.15) is 26.5 Å². The summed E-state index contributed by atoms with van der Waals surface area (Å²) in [6, 6.07) is 12.0. The third kappa shape index (κ3) is 4.42. The number of hydrogen-bond donors (Lipinski definition) is 1. The van der Waals surface area contributed by atoms with Crippen LogP contribution in [0.5, 0.6) is 0 Å². The summed E-state index contributed by atoms with van der Waals surface area (Å²) in [7, 11) is 3.80. The molecule has 0 saturated carbocycles. The second-order valence-electron chi connectivity index (χ2n) is 7.48. The number of nitrogens with zero attached hydrogens (tertiary/aromatic N) is 4. The fraction of sp³-hybridized carbons (Fsp3) is 0.350. The molecule has 3 rings (SSSR count). The van der Waals surface area contributed by atoms with Crippen LogP contribution in [0.4, 0.5) is 5.82 Å². The zero-order valence-corrected chi connectivity index (χ0v) is 17.2. The zero-order valence-electron chi connectivity index (χ0n) is 16.4. The van der Waals surface area contributed by atoms with Crippen LogP contribution in [0, 0.1) is 0 Å². The molecule has 0 unspecified atom stereocenters. The first-order valence-corrected chi connectivity index (χ1v) is 9.78. The number of nitrogens with one attached hydrogen (secondary N) is 1. The molecule has 0 bridgehead atoms. The van der Waals surface area contributed by atoms with Gasteiger partial charge in [0, 0.05) is 25.6 Å². The lowest BCUT2D eigenvalue weighted by molar-refractivity contribution is -0.113. The minimum absolute atomic E-state index is 0.0592. The molecule has 2 aromatic heterocycles. The van der Waals surface area contributed by atoms with Gasteiger partial charge < -0.3 is 9.88 Å². The Morgan fingerprint density at radius 1 is 1.19 bits per heavy atom. The van der Waals surface area contributed by atoms with Gasteiger partial charge in [-0.15, -0.1) is 0 Å². The van der Waals surface area contributed by atoms with Crippen LogP contribution in [0.15, 0.2) is 47.8 Å². The van der Waals surface area contributed by atoms with Gasteiger partial charge in [-0.1, -0.05) is 62.9 Å². The molecule has 0 spiro atoms. The van der Waals surface area contributed by atoms with E-state index in [9.17, 15) is 4.79 Å². The van der Waals surface area contributed by atoms with E-state index in [4.69, 9.17) is 0 Å². The molecule has 0 fully saturated rings. The molecule has 0 aliphatic heterocycles. The highest BCUT2D eigenvalue weighted by Crippen LogP contribution is 2.26. The Balaban J connectivity index is 1.64. The van der Waals surface area contributed by atoms with Gasteiger partial charge in [0.2, 0.25) is 5.91 Å². The number of aryl methyl sites for hydroxylation is 1. The van der Waals surface area contributed by atoms with Gasteiger partial charge in [-0.25, -0.2) is 4.98 Å². The van der Waals surface area contributed by atoms with E-state index < -0.39 is 0 Å². The van der Waals surface area contributed by atoms with E-state index in [1.54, 1.807) is 4.68 Å². The van der Waals surface area contributed by atoms with Gasteiger partial charge in [-0.3, -0.25) is 9.48 Å². The average Bonchev–Trinajstić information content (AvgIpc) is 3.17. The van der Waals surface area contributed by atoms with Crippen molar-refractivity contribution in [3.05, 3.63) is 48.3 Å². The smallest absolute Gasteiger partial charge is 0.235 e. The maximum absolute atomic E-state index is 12.4. The number of imidazole rings is 1. The molecule has 1 aromatic carbocycles. The van der Waals surface area contributed by atoms with E-state index >= 15 is 0 Å². The van der Waals surface area contributed by atoms with Crippen LogP contribution in [-0.2, 0) is 24.3 Å². The molecule has 1 amide bonds. The van der Waals surface area contributed by atoms with Crippen molar-refractivity contribution in [2.45, 2.75) is 31.3 Å². The number of amides is 1. The molecule has 0 radical (unpaired) electrons. The van der Waals surface area contributed by atoms with Crippen molar-refractivity contribution in [1.82, 2.24) is 19.3 Å². The van der Waals surface area contributed by atoms with Crippen molar-refractivity contribution in [1.29, 1.82) is 0 Å². The van der Waals surface area contributed by atoms with E-state index in [1.165, 1.54) is 11.8 Å².